The predicted molar refractivity (Wildman–Crippen MR) is 64.4 cm³/mol. The summed E-state index contributed by atoms with van der Waals surface area (Å²) in [5.41, 5.74) is 0.922. The molecule has 5 heteroatoms. The van der Waals surface area contributed by atoms with Crippen molar-refractivity contribution >= 4 is 26.8 Å². The summed E-state index contributed by atoms with van der Waals surface area (Å²) in [4.78, 5) is 0. The van der Waals surface area contributed by atoms with Crippen LogP contribution in [0.1, 0.15) is 19.5 Å². The highest BCUT2D eigenvalue weighted by Crippen LogP contribution is 2.24. The van der Waals surface area contributed by atoms with Gasteiger partial charge in [0.15, 0.2) is 0 Å². The van der Waals surface area contributed by atoms with Gasteiger partial charge in [-0.2, -0.15) is 10.4 Å². The van der Waals surface area contributed by atoms with Gasteiger partial charge in [-0.05, 0) is 22.0 Å². The van der Waals surface area contributed by atoms with Crippen LogP contribution in [0, 0.1) is 17.1 Å². The lowest BCUT2D eigenvalue weighted by Gasteiger charge is -1.93. The van der Waals surface area contributed by atoms with E-state index in [0.717, 1.165) is 0 Å². The van der Waals surface area contributed by atoms with Crippen molar-refractivity contribution in [2.24, 2.45) is 7.05 Å². The summed E-state index contributed by atoms with van der Waals surface area (Å²) < 4.78 is 14.9. The first-order valence-electron chi connectivity index (χ1n) is 4.85. The van der Waals surface area contributed by atoms with Crippen LogP contribution in [0.3, 0.4) is 0 Å². The summed E-state index contributed by atoms with van der Waals surface area (Å²) in [5, 5.41) is 13.5. The number of aromatic nitrogens is 2. The number of benzene rings is 1. The van der Waals surface area contributed by atoms with E-state index >= 15 is 0 Å². The molecule has 0 atom stereocenters. The van der Waals surface area contributed by atoms with Gasteiger partial charge in [-0.15, -0.1) is 0 Å². The molecule has 0 aliphatic rings. The lowest BCUT2D eigenvalue weighted by Crippen LogP contribution is -1.92. The number of hydrogen-bond acceptors (Lipinski definition) is 2. The lowest BCUT2D eigenvalue weighted by atomic mass is 10.2. The fraction of sp³-hybridized carbons (Fsp3) is 0.273. The molecular formula is C11H11BrFN3. The summed E-state index contributed by atoms with van der Waals surface area (Å²) in [7, 11) is 1.66. The number of hydrogen-bond donors (Lipinski definition) is 0. The van der Waals surface area contributed by atoms with Crippen LogP contribution in [0.2, 0.25) is 0 Å². The van der Waals surface area contributed by atoms with Gasteiger partial charge in [0.2, 0.25) is 0 Å². The molecular weight excluding hydrogens is 273 g/mol. The minimum Gasteiger partial charge on any atom is -0.257 e. The van der Waals surface area contributed by atoms with E-state index in [9.17, 15) is 4.39 Å². The van der Waals surface area contributed by atoms with Gasteiger partial charge in [-0.3, -0.25) is 4.68 Å². The number of halogens is 2. The Labute approximate surface area is 102 Å². The minimum absolute atomic E-state index is 0.342. The van der Waals surface area contributed by atoms with Crippen molar-refractivity contribution < 1.29 is 4.39 Å². The number of aryl methyl sites for hydroxylation is 1. The molecule has 1 aromatic carbocycles. The quantitative estimate of drug-likeness (QED) is 0.744. The van der Waals surface area contributed by atoms with Crippen LogP contribution >= 0.6 is 15.9 Å². The molecule has 0 aliphatic carbocycles. The Kier molecular flexibility index (Phi) is 4.02. The van der Waals surface area contributed by atoms with Gasteiger partial charge in [0.05, 0.1) is 9.99 Å². The van der Waals surface area contributed by atoms with E-state index in [-0.39, 0.29) is 5.82 Å². The van der Waals surface area contributed by atoms with Crippen molar-refractivity contribution in [2.75, 3.05) is 0 Å². The maximum Gasteiger partial charge on any atom is 0.146 e. The molecule has 0 radical (unpaired) electrons. The first kappa shape index (κ1) is 12.7. The van der Waals surface area contributed by atoms with Crippen molar-refractivity contribution in [2.45, 2.75) is 13.8 Å². The fourth-order valence-electron chi connectivity index (χ4n) is 1.33. The second-order valence-corrected chi connectivity index (χ2v) is 3.72. The zero-order valence-corrected chi connectivity index (χ0v) is 10.8. The van der Waals surface area contributed by atoms with Crippen LogP contribution in [0.5, 0.6) is 0 Å². The average molecular weight is 284 g/mol. The van der Waals surface area contributed by atoms with Crippen molar-refractivity contribution in [3.63, 3.8) is 0 Å². The number of nitriles is 1. The van der Waals surface area contributed by atoms with Crippen molar-refractivity contribution in [3.8, 4) is 6.07 Å². The third kappa shape index (κ3) is 2.07. The van der Waals surface area contributed by atoms with Crippen molar-refractivity contribution in [1.29, 1.82) is 5.26 Å². The Balaban J connectivity index is 0.000000606. The van der Waals surface area contributed by atoms with Crippen LogP contribution in [-0.2, 0) is 7.05 Å². The zero-order valence-electron chi connectivity index (χ0n) is 9.25. The van der Waals surface area contributed by atoms with Crippen LogP contribution in [0.25, 0.3) is 10.9 Å². The van der Waals surface area contributed by atoms with E-state index in [0.29, 0.717) is 21.1 Å². The van der Waals surface area contributed by atoms with Crippen molar-refractivity contribution in [1.82, 2.24) is 9.78 Å². The van der Waals surface area contributed by atoms with E-state index in [4.69, 9.17) is 5.26 Å². The molecule has 16 heavy (non-hydrogen) atoms. The van der Waals surface area contributed by atoms with E-state index in [1.54, 1.807) is 13.1 Å². The van der Waals surface area contributed by atoms with Crippen LogP contribution in [-0.4, -0.2) is 9.78 Å². The van der Waals surface area contributed by atoms with Gasteiger partial charge in [0.1, 0.15) is 17.6 Å². The topological polar surface area (TPSA) is 41.6 Å². The van der Waals surface area contributed by atoms with E-state index in [2.05, 4.69) is 21.0 Å². The Morgan fingerprint density at radius 3 is 2.62 bits per heavy atom. The van der Waals surface area contributed by atoms with Gasteiger partial charge in [-0.1, -0.05) is 13.8 Å². The summed E-state index contributed by atoms with van der Waals surface area (Å²) in [5.74, 6) is -0.375. The normalized spacial score (nSPS) is 9.50. The Morgan fingerprint density at radius 2 is 2.06 bits per heavy atom. The Morgan fingerprint density at radius 1 is 1.44 bits per heavy atom. The molecule has 0 fully saturated rings. The third-order valence-corrected chi connectivity index (χ3v) is 2.59. The summed E-state index contributed by atoms with van der Waals surface area (Å²) in [6.45, 7) is 4.00. The van der Waals surface area contributed by atoms with E-state index < -0.39 is 0 Å². The monoisotopic (exact) mass is 283 g/mol. The molecule has 0 saturated heterocycles. The summed E-state index contributed by atoms with van der Waals surface area (Å²) in [6.07, 6.45) is 0. The summed E-state index contributed by atoms with van der Waals surface area (Å²) in [6, 6.07) is 4.89. The lowest BCUT2D eigenvalue weighted by molar-refractivity contribution is 0.622. The molecule has 84 valence electrons. The largest absolute Gasteiger partial charge is 0.257 e. The summed E-state index contributed by atoms with van der Waals surface area (Å²) >= 11 is 3.07. The van der Waals surface area contributed by atoms with E-state index in [1.807, 2.05) is 19.9 Å². The molecule has 0 amide bonds. The molecule has 2 rings (SSSR count). The van der Waals surface area contributed by atoms with Crippen molar-refractivity contribution in [3.05, 3.63) is 28.1 Å². The first-order chi connectivity index (χ1) is 7.63. The standard InChI is InChI=1S/C9H5BrFN3.C2H6/c1-14-9(4-12)5-2-6(10)7(11)3-8(5)13-14;1-2/h2-3H,1H3;1-2H3. The molecule has 0 aliphatic heterocycles. The van der Waals surface area contributed by atoms with Gasteiger partial charge < -0.3 is 0 Å². The minimum atomic E-state index is -0.375. The molecule has 3 nitrogen and oxygen atoms in total. The first-order valence-corrected chi connectivity index (χ1v) is 5.64. The number of rotatable bonds is 0. The second kappa shape index (κ2) is 5.08. The smallest absolute Gasteiger partial charge is 0.146 e. The highest BCUT2D eigenvalue weighted by molar-refractivity contribution is 9.10. The molecule has 1 aromatic heterocycles. The molecule has 0 spiro atoms. The predicted octanol–water partition coefficient (Wildman–Crippen LogP) is 3.37. The Bertz CT molecular complexity index is 554. The van der Waals surface area contributed by atoms with Crippen LogP contribution in [0.15, 0.2) is 16.6 Å². The van der Waals surface area contributed by atoms with Crippen LogP contribution < -0.4 is 0 Å². The number of fused-ring (bicyclic) bond motifs is 1. The fourth-order valence-corrected chi connectivity index (χ4v) is 1.67. The molecule has 0 unspecified atom stereocenters. The molecule has 1 heterocycles. The van der Waals surface area contributed by atoms with Gasteiger partial charge in [-0.25, -0.2) is 4.39 Å². The zero-order chi connectivity index (χ0) is 12.3. The third-order valence-electron chi connectivity index (χ3n) is 1.98. The van der Waals surface area contributed by atoms with Gasteiger partial charge >= 0.3 is 0 Å². The molecule has 2 aromatic rings. The molecule has 0 bridgehead atoms. The van der Waals surface area contributed by atoms with E-state index in [1.165, 1.54) is 10.7 Å². The van der Waals surface area contributed by atoms with Crippen LogP contribution in [0.4, 0.5) is 4.39 Å². The Hall–Kier alpha value is -1.41. The second-order valence-electron chi connectivity index (χ2n) is 2.87. The molecule has 0 N–H and O–H groups in total. The van der Waals surface area contributed by atoms with Gasteiger partial charge in [0, 0.05) is 18.5 Å². The number of nitrogens with zero attached hydrogens (tertiary/aromatic N) is 3. The maximum atomic E-state index is 13.1. The molecule has 0 saturated carbocycles. The highest BCUT2D eigenvalue weighted by Gasteiger charge is 2.11. The van der Waals surface area contributed by atoms with Gasteiger partial charge in [0.25, 0.3) is 0 Å². The SMILES string of the molecule is CC.Cn1nc2cc(F)c(Br)cc2c1C#N. The maximum absolute atomic E-state index is 13.1. The highest BCUT2D eigenvalue weighted by atomic mass is 79.9. The average Bonchev–Trinajstić information content (AvgIpc) is 2.57.